The minimum atomic E-state index is -1.15. The highest BCUT2D eigenvalue weighted by Crippen LogP contribution is 2.37. The minimum absolute atomic E-state index is 0.595. The summed E-state index contributed by atoms with van der Waals surface area (Å²) in [6.07, 6.45) is 0. The Kier molecular flexibility index (Phi) is 3.68. The largest absolute Gasteiger partial charge is 0.468 e. The van der Waals surface area contributed by atoms with E-state index in [2.05, 4.69) is 4.40 Å². The number of hydrogen-bond donors (Lipinski definition) is 0. The van der Waals surface area contributed by atoms with Gasteiger partial charge in [0.25, 0.3) is 0 Å². The molecule has 0 bridgehead atoms. The lowest BCUT2D eigenvalue weighted by Crippen LogP contribution is -2.24. The van der Waals surface area contributed by atoms with Crippen LogP contribution in [0.5, 0.6) is 0 Å². The van der Waals surface area contributed by atoms with Crippen molar-refractivity contribution in [3.8, 4) is 0 Å². The molecular weight excluding hydrogens is 332 g/mol. The van der Waals surface area contributed by atoms with E-state index in [0.717, 1.165) is 27.6 Å². The molecule has 4 rings (SSSR count). The predicted octanol–water partition coefficient (Wildman–Crippen LogP) is 3.01. The van der Waals surface area contributed by atoms with Crippen LogP contribution in [0.4, 0.5) is 0 Å². The summed E-state index contributed by atoms with van der Waals surface area (Å²) >= 11 is 0. The first kappa shape index (κ1) is 16.2. The van der Waals surface area contributed by atoms with E-state index in [4.69, 9.17) is 9.47 Å². The highest BCUT2D eigenvalue weighted by Gasteiger charge is 2.36. The number of benzene rings is 2. The number of rotatable bonds is 3. The van der Waals surface area contributed by atoms with Crippen LogP contribution < -0.4 is 0 Å². The van der Waals surface area contributed by atoms with E-state index in [0.29, 0.717) is 5.56 Å². The van der Waals surface area contributed by atoms with Gasteiger partial charge in [0, 0.05) is 18.0 Å². The summed E-state index contributed by atoms with van der Waals surface area (Å²) in [5, 5.41) is 0.824. The van der Waals surface area contributed by atoms with Crippen LogP contribution in [0.15, 0.2) is 48.5 Å². The molecule has 4 aromatic rings. The molecule has 2 aromatic heterocycles. The van der Waals surface area contributed by atoms with Gasteiger partial charge in [0.05, 0.1) is 30.8 Å². The van der Waals surface area contributed by atoms with Crippen molar-refractivity contribution >= 4 is 39.5 Å². The van der Waals surface area contributed by atoms with Crippen molar-refractivity contribution in [2.45, 2.75) is 5.92 Å². The number of ether oxygens (including phenoxy) is 2. The van der Waals surface area contributed by atoms with Gasteiger partial charge in [-0.05, 0) is 18.2 Å². The molecule has 0 saturated heterocycles. The van der Waals surface area contributed by atoms with E-state index < -0.39 is 17.9 Å². The molecule has 0 spiro atoms. The molecule has 0 aliphatic carbocycles. The predicted molar refractivity (Wildman–Crippen MR) is 98.2 cm³/mol. The van der Waals surface area contributed by atoms with E-state index in [1.165, 1.54) is 14.2 Å². The third kappa shape index (κ3) is 2.05. The summed E-state index contributed by atoms with van der Waals surface area (Å²) in [5.41, 5.74) is 4.29. The van der Waals surface area contributed by atoms with Crippen LogP contribution >= 0.6 is 0 Å². The Balaban J connectivity index is 2.23. The average Bonchev–Trinajstić information content (AvgIpc) is 3.16. The Bertz CT molecular complexity index is 1150. The van der Waals surface area contributed by atoms with Crippen molar-refractivity contribution in [1.29, 1.82) is 0 Å². The third-order valence-corrected chi connectivity index (χ3v) is 4.85. The molecule has 0 atom stereocenters. The molecular formula is C20H18N2O4. The van der Waals surface area contributed by atoms with Crippen LogP contribution in [0.25, 0.3) is 27.6 Å². The van der Waals surface area contributed by atoms with Gasteiger partial charge < -0.3 is 14.0 Å². The fourth-order valence-electron chi connectivity index (χ4n) is 3.73. The van der Waals surface area contributed by atoms with E-state index in [-0.39, 0.29) is 0 Å². The monoisotopic (exact) mass is 350 g/mol. The lowest BCUT2D eigenvalue weighted by atomic mass is 9.98. The molecule has 6 heteroatoms. The van der Waals surface area contributed by atoms with Gasteiger partial charge in [-0.3, -0.25) is 14.0 Å². The van der Waals surface area contributed by atoms with Crippen molar-refractivity contribution in [1.82, 2.24) is 8.97 Å². The van der Waals surface area contributed by atoms with Crippen LogP contribution in [-0.4, -0.2) is 35.1 Å². The van der Waals surface area contributed by atoms with Crippen LogP contribution in [-0.2, 0) is 26.1 Å². The molecule has 132 valence electrons. The van der Waals surface area contributed by atoms with Crippen molar-refractivity contribution in [2.24, 2.45) is 7.05 Å². The topological polar surface area (TPSA) is 61.9 Å². The Morgan fingerprint density at radius 2 is 1.38 bits per heavy atom. The number of imidazole rings is 1. The quantitative estimate of drug-likeness (QED) is 0.421. The lowest BCUT2D eigenvalue weighted by molar-refractivity contribution is -0.154. The van der Waals surface area contributed by atoms with Gasteiger partial charge >= 0.3 is 11.9 Å². The maximum Gasteiger partial charge on any atom is 0.324 e. The molecule has 0 aliphatic rings. The van der Waals surface area contributed by atoms with Crippen LogP contribution in [0.2, 0.25) is 0 Å². The molecule has 6 nitrogen and oxygen atoms in total. The Morgan fingerprint density at radius 3 is 2.00 bits per heavy atom. The number of hydrogen-bond acceptors (Lipinski definition) is 4. The number of aryl methyl sites for hydroxylation is 1. The third-order valence-electron chi connectivity index (χ3n) is 4.85. The summed E-state index contributed by atoms with van der Waals surface area (Å²) in [6, 6.07) is 15.7. The number of methoxy groups -OCH3 is 2. The van der Waals surface area contributed by atoms with Crippen molar-refractivity contribution in [3.63, 3.8) is 0 Å². The molecule has 2 aromatic carbocycles. The number of esters is 2. The fraction of sp³-hybridized carbons (Fsp3) is 0.200. The maximum atomic E-state index is 12.5. The molecule has 0 fully saturated rings. The van der Waals surface area contributed by atoms with Crippen LogP contribution in [0, 0.1) is 0 Å². The molecule has 26 heavy (non-hydrogen) atoms. The Morgan fingerprint density at radius 1 is 0.846 bits per heavy atom. The zero-order valence-electron chi connectivity index (χ0n) is 14.7. The fourth-order valence-corrected chi connectivity index (χ4v) is 3.73. The number of nitrogens with zero attached hydrogens (tertiary/aromatic N) is 2. The van der Waals surface area contributed by atoms with Gasteiger partial charge in [-0.1, -0.05) is 30.3 Å². The van der Waals surface area contributed by atoms with Crippen molar-refractivity contribution in [2.75, 3.05) is 14.2 Å². The minimum Gasteiger partial charge on any atom is -0.468 e. The average molecular weight is 350 g/mol. The molecule has 0 N–H and O–H groups in total. The van der Waals surface area contributed by atoms with E-state index >= 15 is 0 Å². The van der Waals surface area contributed by atoms with Gasteiger partial charge in [-0.25, -0.2) is 0 Å². The highest BCUT2D eigenvalue weighted by atomic mass is 16.5. The number of aromatic nitrogens is 2. The maximum absolute atomic E-state index is 12.5. The van der Waals surface area contributed by atoms with Gasteiger partial charge in [0.15, 0.2) is 5.92 Å². The van der Waals surface area contributed by atoms with Crippen molar-refractivity contribution < 1.29 is 19.1 Å². The Hall–Kier alpha value is -3.28. The highest BCUT2D eigenvalue weighted by molar-refractivity contribution is 6.09. The second kappa shape index (κ2) is 5.91. The SMILES string of the molecule is COC(=O)C(C(=O)OC)c1c2ccccc2n2c3ccccc3n(C)c12. The zero-order valence-corrected chi connectivity index (χ0v) is 14.7. The number of carbonyl (C=O) groups excluding carboxylic acids is 2. The van der Waals surface area contributed by atoms with Gasteiger partial charge in [0.2, 0.25) is 0 Å². The van der Waals surface area contributed by atoms with E-state index in [9.17, 15) is 9.59 Å². The molecule has 0 amide bonds. The van der Waals surface area contributed by atoms with Crippen molar-refractivity contribution in [3.05, 3.63) is 54.1 Å². The smallest absolute Gasteiger partial charge is 0.324 e. The first-order chi connectivity index (χ1) is 12.6. The summed E-state index contributed by atoms with van der Waals surface area (Å²) in [6.45, 7) is 0. The van der Waals surface area contributed by atoms with E-state index in [1.54, 1.807) is 0 Å². The summed E-state index contributed by atoms with van der Waals surface area (Å²) in [5.74, 6) is -2.43. The second-order valence-corrected chi connectivity index (χ2v) is 6.12. The lowest BCUT2D eigenvalue weighted by Gasteiger charge is -2.13. The number of para-hydroxylation sites is 3. The van der Waals surface area contributed by atoms with Gasteiger partial charge in [-0.15, -0.1) is 0 Å². The first-order valence-electron chi connectivity index (χ1n) is 8.22. The van der Waals surface area contributed by atoms with Crippen LogP contribution in [0.3, 0.4) is 0 Å². The standard InChI is InChI=1S/C20H18N2O4/c1-21-14-10-6-7-11-15(14)22-13-9-5-4-8-12(13)16(18(21)22)17(19(23)25-2)20(24)26-3/h4-11,17H,1-3H3. The summed E-state index contributed by atoms with van der Waals surface area (Å²) < 4.78 is 13.9. The summed E-state index contributed by atoms with van der Waals surface area (Å²) in [4.78, 5) is 25.0. The number of fused-ring (bicyclic) bond motifs is 5. The van der Waals surface area contributed by atoms with Crippen LogP contribution in [0.1, 0.15) is 11.5 Å². The molecule has 0 aliphatic heterocycles. The number of carbonyl (C=O) groups is 2. The molecule has 0 radical (unpaired) electrons. The second-order valence-electron chi connectivity index (χ2n) is 6.12. The molecule has 2 heterocycles. The zero-order chi connectivity index (χ0) is 18.4. The first-order valence-corrected chi connectivity index (χ1v) is 8.22. The molecule has 0 saturated carbocycles. The van der Waals surface area contributed by atoms with Gasteiger partial charge in [-0.2, -0.15) is 0 Å². The summed E-state index contributed by atoms with van der Waals surface area (Å²) in [7, 11) is 4.47. The van der Waals surface area contributed by atoms with E-state index in [1.807, 2.05) is 60.1 Å². The van der Waals surface area contributed by atoms with Gasteiger partial charge in [0.1, 0.15) is 5.65 Å². The Labute approximate surface area is 149 Å². The normalized spacial score (nSPS) is 11.5. The molecule has 0 unspecified atom stereocenters.